The molecule has 7 nitrogen and oxygen atoms in total. The predicted octanol–water partition coefficient (Wildman–Crippen LogP) is 2.05. The number of likely N-dealkylation sites (tertiary alicyclic amines) is 1. The highest BCUT2D eigenvalue weighted by atomic mass is 79.9. The van der Waals surface area contributed by atoms with E-state index < -0.39 is 6.09 Å². The van der Waals surface area contributed by atoms with E-state index in [1.807, 2.05) is 12.1 Å². The average Bonchev–Trinajstić information content (AvgIpc) is 2.81. The minimum absolute atomic E-state index is 0.248. The summed E-state index contributed by atoms with van der Waals surface area (Å²) in [6, 6.07) is 4.03. The van der Waals surface area contributed by atoms with Crippen molar-refractivity contribution in [2.24, 2.45) is 0 Å². The van der Waals surface area contributed by atoms with Crippen LogP contribution in [0.15, 0.2) is 22.9 Å². The van der Waals surface area contributed by atoms with Gasteiger partial charge < -0.3 is 15.3 Å². The minimum atomic E-state index is -0.842. The van der Waals surface area contributed by atoms with E-state index in [0.29, 0.717) is 13.1 Å². The van der Waals surface area contributed by atoms with Crippen LogP contribution < -0.4 is 5.32 Å². The maximum Gasteiger partial charge on any atom is 0.407 e. The number of aromatic nitrogens is 3. The summed E-state index contributed by atoms with van der Waals surface area (Å²) in [6.07, 6.45) is 2.44. The Hall–Kier alpha value is -1.83. The summed E-state index contributed by atoms with van der Waals surface area (Å²) in [4.78, 5) is 16.5. The third kappa shape index (κ3) is 2.55. The molecule has 20 heavy (non-hydrogen) atoms. The number of halogens is 1. The summed E-state index contributed by atoms with van der Waals surface area (Å²) in [7, 11) is 0. The molecule has 1 fully saturated rings. The number of hydrogen-bond acceptors (Lipinski definition) is 4. The third-order valence-corrected chi connectivity index (χ3v) is 3.98. The first kappa shape index (κ1) is 13.2. The first-order chi connectivity index (χ1) is 9.63. The Kier molecular flexibility index (Phi) is 3.47. The fourth-order valence-electron chi connectivity index (χ4n) is 2.35. The normalized spacial score (nSPS) is 16.6. The molecule has 0 saturated carbocycles. The smallest absolute Gasteiger partial charge is 0.407 e. The first-order valence-electron chi connectivity index (χ1n) is 6.38. The standard InChI is InChI=1S/C12H14BrN5O2/c13-9-7-14-11-2-1-10(16-18(9)11)15-8-3-5-17(6-4-8)12(19)20/h1-2,7-8H,3-6H2,(H,15,16)(H,19,20). The number of amides is 1. The Balaban J connectivity index is 1.68. The molecule has 0 spiro atoms. The molecular formula is C12H14BrN5O2. The van der Waals surface area contributed by atoms with Gasteiger partial charge in [-0.25, -0.2) is 14.3 Å². The van der Waals surface area contributed by atoms with Gasteiger partial charge in [0.2, 0.25) is 0 Å². The molecule has 1 amide bonds. The highest BCUT2D eigenvalue weighted by Crippen LogP contribution is 2.17. The van der Waals surface area contributed by atoms with E-state index in [4.69, 9.17) is 5.11 Å². The Labute approximate surface area is 123 Å². The zero-order valence-electron chi connectivity index (χ0n) is 10.7. The second-order valence-electron chi connectivity index (χ2n) is 4.76. The lowest BCUT2D eigenvalue weighted by molar-refractivity contribution is 0.133. The first-order valence-corrected chi connectivity index (χ1v) is 7.17. The molecule has 1 aliphatic rings. The quantitative estimate of drug-likeness (QED) is 0.874. The van der Waals surface area contributed by atoms with Crippen LogP contribution in [0.2, 0.25) is 0 Å². The van der Waals surface area contributed by atoms with E-state index in [0.717, 1.165) is 28.9 Å². The van der Waals surface area contributed by atoms with Gasteiger partial charge >= 0.3 is 6.09 Å². The van der Waals surface area contributed by atoms with Gasteiger partial charge in [0.1, 0.15) is 10.4 Å². The van der Waals surface area contributed by atoms with Crippen molar-refractivity contribution in [2.45, 2.75) is 18.9 Å². The van der Waals surface area contributed by atoms with Crippen molar-refractivity contribution >= 4 is 33.5 Å². The van der Waals surface area contributed by atoms with E-state index in [1.54, 1.807) is 10.7 Å². The Morgan fingerprint density at radius 2 is 2.15 bits per heavy atom. The second kappa shape index (κ2) is 5.28. The zero-order valence-corrected chi connectivity index (χ0v) is 12.2. The predicted molar refractivity (Wildman–Crippen MR) is 76.9 cm³/mol. The second-order valence-corrected chi connectivity index (χ2v) is 5.57. The number of carbonyl (C=O) groups is 1. The number of piperidine rings is 1. The van der Waals surface area contributed by atoms with Gasteiger partial charge in [0.15, 0.2) is 5.65 Å². The molecular weight excluding hydrogens is 326 g/mol. The monoisotopic (exact) mass is 339 g/mol. The molecule has 0 radical (unpaired) electrons. The lowest BCUT2D eigenvalue weighted by Crippen LogP contribution is -2.41. The average molecular weight is 340 g/mol. The minimum Gasteiger partial charge on any atom is -0.465 e. The fourth-order valence-corrected chi connectivity index (χ4v) is 2.71. The van der Waals surface area contributed by atoms with Crippen molar-refractivity contribution < 1.29 is 9.90 Å². The van der Waals surface area contributed by atoms with Crippen LogP contribution in [0.1, 0.15) is 12.8 Å². The van der Waals surface area contributed by atoms with Gasteiger partial charge in [-0.2, -0.15) is 0 Å². The van der Waals surface area contributed by atoms with Gasteiger partial charge in [0.25, 0.3) is 0 Å². The van der Waals surface area contributed by atoms with Crippen molar-refractivity contribution in [3.8, 4) is 0 Å². The maximum absolute atomic E-state index is 10.9. The molecule has 0 atom stereocenters. The molecule has 0 aliphatic carbocycles. The third-order valence-electron chi connectivity index (χ3n) is 3.44. The van der Waals surface area contributed by atoms with E-state index in [-0.39, 0.29) is 6.04 Å². The maximum atomic E-state index is 10.9. The lowest BCUT2D eigenvalue weighted by atomic mass is 10.1. The molecule has 2 aromatic rings. The number of hydrogen-bond donors (Lipinski definition) is 2. The van der Waals surface area contributed by atoms with Crippen LogP contribution in [-0.2, 0) is 0 Å². The summed E-state index contributed by atoms with van der Waals surface area (Å²) in [5.41, 5.74) is 0.781. The van der Waals surface area contributed by atoms with Crippen molar-refractivity contribution in [3.63, 3.8) is 0 Å². The molecule has 1 aliphatic heterocycles. The zero-order chi connectivity index (χ0) is 14.1. The topological polar surface area (TPSA) is 82.8 Å². The molecule has 3 rings (SSSR count). The molecule has 3 heterocycles. The van der Waals surface area contributed by atoms with E-state index in [9.17, 15) is 4.79 Å². The summed E-state index contributed by atoms with van der Waals surface area (Å²) in [5.74, 6) is 0.768. The van der Waals surface area contributed by atoms with E-state index in [2.05, 4.69) is 31.3 Å². The molecule has 0 aromatic carbocycles. The Morgan fingerprint density at radius 1 is 1.40 bits per heavy atom. The van der Waals surface area contributed by atoms with Gasteiger partial charge in [-0.15, -0.1) is 5.10 Å². The number of anilines is 1. The number of imidazole rings is 1. The lowest BCUT2D eigenvalue weighted by Gasteiger charge is -2.30. The highest BCUT2D eigenvalue weighted by Gasteiger charge is 2.22. The summed E-state index contributed by atoms with van der Waals surface area (Å²) >= 11 is 3.39. The molecule has 1 saturated heterocycles. The SMILES string of the molecule is O=C(O)N1CCC(Nc2ccc3ncc(Br)n3n2)CC1. The van der Waals surface area contributed by atoms with Crippen molar-refractivity contribution in [2.75, 3.05) is 18.4 Å². The van der Waals surface area contributed by atoms with Gasteiger partial charge in [-0.1, -0.05) is 0 Å². The molecule has 106 valence electrons. The van der Waals surface area contributed by atoms with Crippen LogP contribution in [0.3, 0.4) is 0 Å². The summed E-state index contributed by atoms with van der Waals surface area (Å²) < 4.78 is 2.52. The van der Waals surface area contributed by atoms with Crippen LogP contribution >= 0.6 is 15.9 Å². The molecule has 2 N–H and O–H groups in total. The summed E-state index contributed by atoms with van der Waals surface area (Å²) in [5, 5.41) is 16.7. The number of carboxylic acid groups (broad SMARTS) is 1. The van der Waals surface area contributed by atoms with Gasteiger partial charge in [-0.3, -0.25) is 0 Å². The highest BCUT2D eigenvalue weighted by molar-refractivity contribution is 9.10. The largest absolute Gasteiger partial charge is 0.465 e. The van der Waals surface area contributed by atoms with Crippen LogP contribution in [0.5, 0.6) is 0 Å². The molecule has 2 aromatic heterocycles. The van der Waals surface area contributed by atoms with Gasteiger partial charge in [-0.05, 0) is 40.9 Å². The Morgan fingerprint density at radius 3 is 2.85 bits per heavy atom. The van der Waals surface area contributed by atoms with Gasteiger partial charge in [0, 0.05) is 19.1 Å². The van der Waals surface area contributed by atoms with E-state index >= 15 is 0 Å². The fraction of sp³-hybridized carbons (Fsp3) is 0.417. The van der Waals surface area contributed by atoms with Crippen molar-refractivity contribution in [1.29, 1.82) is 0 Å². The summed E-state index contributed by atoms with van der Waals surface area (Å²) in [6.45, 7) is 1.12. The van der Waals surface area contributed by atoms with Crippen molar-refractivity contribution in [3.05, 3.63) is 22.9 Å². The molecule has 0 unspecified atom stereocenters. The molecule has 0 bridgehead atoms. The van der Waals surface area contributed by atoms with Gasteiger partial charge in [0.05, 0.1) is 6.20 Å². The van der Waals surface area contributed by atoms with E-state index in [1.165, 1.54) is 4.90 Å². The van der Waals surface area contributed by atoms with Crippen molar-refractivity contribution in [1.82, 2.24) is 19.5 Å². The number of rotatable bonds is 2. The number of fused-ring (bicyclic) bond motifs is 1. The van der Waals surface area contributed by atoms with Crippen LogP contribution in [-0.4, -0.2) is 49.8 Å². The van der Waals surface area contributed by atoms with Crippen LogP contribution in [0, 0.1) is 0 Å². The molecule has 8 heteroatoms. The Bertz CT molecular complexity index is 636. The van der Waals surface area contributed by atoms with Crippen LogP contribution in [0.4, 0.5) is 10.6 Å². The van der Waals surface area contributed by atoms with Crippen LogP contribution in [0.25, 0.3) is 5.65 Å². The number of nitrogens with zero attached hydrogens (tertiary/aromatic N) is 4. The number of nitrogens with one attached hydrogen (secondary N) is 1.